The summed E-state index contributed by atoms with van der Waals surface area (Å²) in [5, 5.41) is 0. The predicted octanol–water partition coefficient (Wildman–Crippen LogP) is 2.43. The van der Waals surface area contributed by atoms with Gasteiger partial charge in [0.25, 0.3) is 5.56 Å². The fourth-order valence-corrected chi connectivity index (χ4v) is 4.47. The summed E-state index contributed by atoms with van der Waals surface area (Å²) in [6, 6.07) is 7.78. The maximum atomic E-state index is 13.0. The second-order valence-corrected chi connectivity index (χ2v) is 7.67. The molecule has 5 rings (SSSR count). The molecule has 0 spiro atoms. The molecule has 2 unspecified atom stereocenters. The average molecular weight is 325 g/mol. The molecule has 2 atom stereocenters. The van der Waals surface area contributed by atoms with E-state index in [1.54, 1.807) is 4.57 Å². The van der Waals surface area contributed by atoms with Crippen LogP contribution in [0, 0.1) is 11.3 Å². The highest BCUT2D eigenvalue weighted by atomic mass is 16.2. The lowest BCUT2D eigenvalue weighted by Crippen LogP contribution is -2.58. The maximum absolute atomic E-state index is 13.0. The molecule has 1 aromatic heterocycles. The number of hydrogen-bond donors (Lipinski definition) is 0. The van der Waals surface area contributed by atoms with E-state index in [2.05, 4.69) is 18.8 Å². The van der Waals surface area contributed by atoms with Crippen LogP contribution in [0.1, 0.15) is 33.1 Å². The zero-order chi connectivity index (χ0) is 16.9. The lowest BCUT2D eigenvalue weighted by atomic mass is 9.57. The van der Waals surface area contributed by atoms with Crippen LogP contribution in [0.4, 0.5) is 0 Å². The zero-order valence-corrected chi connectivity index (χ0v) is 14.2. The molecule has 126 valence electrons. The van der Waals surface area contributed by atoms with Gasteiger partial charge in [-0.25, -0.2) is 4.98 Å². The normalized spacial score (nSPS) is 25.2. The molecule has 3 heterocycles. The first-order valence-corrected chi connectivity index (χ1v) is 8.72. The molecule has 5 heteroatoms. The van der Waals surface area contributed by atoms with Crippen LogP contribution in [-0.4, -0.2) is 32.9 Å². The quantitative estimate of drug-likeness (QED) is 0.852. The van der Waals surface area contributed by atoms with Crippen molar-refractivity contribution in [3.05, 3.63) is 40.8 Å². The van der Waals surface area contributed by atoms with Crippen molar-refractivity contribution < 1.29 is 4.79 Å². The van der Waals surface area contributed by atoms with Gasteiger partial charge < -0.3 is 4.90 Å². The zero-order valence-electron chi connectivity index (χ0n) is 14.2. The van der Waals surface area contributed by atoms with Gasteiger partial charge in [0.05, 0.1) is 17.2 Å². The van der Waals surface area contributed by atoms with E-state index in [1.807, 2.05) is 29.2 Å². The van der Waals surface area contributed by atoms with Gasteiger partial charge >= 0.3 is 0 Å². The topological polar surface area (TPSA) is 55.2 Å². The molecular weight excluding hydrogens is 302 g/mol. The molecule has 2 bridgehead atoms. The molecule has 0 N–H and O–H groups in total. The lowest BCUT2D eigenvalue weighted by Gasteiger charge is -2.54. The molecule has 5 nitrogen and oxygen atoms in total. The molecule has 1 aromatic carbocycles. The summed E-state index contributed by atoms with van der Waals surface area (Å²) in [5.41, 5.74) is 1.43. The Morgan fingerprint density at radius 2 is 2.12 bits per heavy atom. The number of carbonyl (C=O) groups is 1. The Morgan fingerprint density at radius 1 is 1.33 bits per heavy atom. The average Bonchev–Trinajstić information content (AvgIpc) is 2.88. The van der Waals surface area contributed by atoms with Gasteiger partial charge in [-0.1, -0.05) is 26.0 Å². The van der Waals surface area contributed by atoms with Crippen molar-refractivity contribution in [3.63, 3.8) is 0 Å². The largest absolute Gasteiger partial charge is 0.338 e. The van der Waals surface area contributed by atoms with Gasteiger partial charge in [0.1, 0.15) is 6.54 Å². The fourth-order valence-electron chi connectivity index (χ4n) is 4.47. The van der Waals surface area contributed by atoms with Gasteiger partial charge in [-0.2, -0.15) is 0 Å². The maximum Gasteiger partial charge on any atom is 0.269 e. The number of fused-ring (bicyclic) bond motifs is 4. The number of benzene rings is 1. The minimum absolute atomic E-state index is 0.0480. The molecule has 3 aliphatic rings. The van der Waals surface area contributed by atoms with E-state index in [-0.39, 0.29) is 23.4 Å². The molecule has 1 saturated carbocycles. The number of aromatic nitrogens is 2. The number of carbonyl (C=O) groups excluding carboxylic acids is 1. The smallest absolute Gasteiger partial charge is 0.269 e. The van der Waals surface area contributed by atoms with Gasteiger partial charge in [0.2, 0.25) is 5.91 Å². The minimum Gasteiger partial charge on any atom is -0.338 e. The standard InChI is InChI=1S/C19H23N3O2/c1-19(2)13-6-5-9-21(16(19)10-13)18(24)12-22-15-8-4-3-7-14(15)20-11-17(22)23/h3-4,7-8,11,13,16H,5-6,9-10,12H2,1-2H3. The number of nitrogens with zero attached hydrogens (tertiary/aromatic N) is 3. The summed E-state index contributed by atoms with van der Waals surface area (Å²) in [6.45, 7) is 5.44. The SMILES string of the molecule is CC1(C)C2CCCN(C(=O)Cn3c(=O)cnc4ccccc43)C1C2. The minimum atomic E-state index is -0.220. The number of para-hydroxylation sites is 2. The fraction of sp³-hybridized carbons (Fsp3) is 0.526. The van der Waals surface area contributed by atoms with Crippen molar-refractivity contribution in [1.82, 2.24) is 14.5 Å². The Labute approximate surface area is 141 Å². The van der Waals surface area contributed by atoms with E-state index in [0.29, 0.717) is 6.04 Å². The van der Waals surface area contributed by atoms with Gasteiger partial charge in [-0.15, -0.1) is 0 Å². The molecule has 3 fully saturated rings. The Hall–Kier alpha value is -2.17. The first-order valence-electron chi connectivity index (χ1n) is 8.72. The van der Waals surface area contributed by atoms with E-state index in [4.69, 9.17) is 0 Å². The van der Waals surface area contributed by atoms with Crippen LogP contribution in [0.5, 0.6) is 0 Å². The van der Waals surface area contributed by atoms with Crippen molar-refractivity contribution in [2.75, 3.05) is 6.54 Å². The Kier molecular flexibility index (Phi) is 3.48. The summed E-state index contributed by atoms with van der Waals surface area (Å²) < 4.78 is 1.55. The van der Waals surface area contributed by atoms with Gasteiger partial charge in [-0.05, 0) is 42.7 Å². The second kappa shape index (κ2) is 5.43. The molecule has 24 heavy (non-hydrogen) atoms. The first-order chi connectivity index (χ1) is 11.5. The van der Waals surface area contributed by atoms with Crippen molar-refractivity contribution in [2.45, 2.75) is 45.7 Å². The third-order valence-electron chi connectivity index (χ3n) is 6.11. The van der Waals surface area contributed by atoms with E-state index in [1.165, 1.54) is 12.6 Å². The van der Waals surface area contributed by atoms with E-state index < -0.39 is 0 Å². The van der Waals surface area contributed by atoms with Crippen LogP contribution >= 0.6 is 0 Å². The molecule has 1 aliphatic carbocycles. The molecule has 1 amide bonds. The van der Waals surface area contributed by atoms with Crippen molar-refractivity contribution in [1.29, 1.82) is 0 Å². The third kappa shape index (κ3) is 2.26. The third-order valence-corrected chi connectivity index (χ3v) is 6.11. The number of hydrogen-bond acceptors (Lipinski definition) is 3. The van der Waals surface area contributed by atoms with Crippen LogP contribution in [0.2, 0.25) is 0 Å². The van der Waals surface area contributed by atoms with Crippen molar-refractivity contribution in [3.8, 4) is 0 Å². The lowest BCUT2D eigenvalue weighted by molar-refractivity contribution is -0.143. The highest BCUT2D eigenvalue weighted by molar-refractivity contribution is 5.80. The summed E-state index contributed by atoms with van der Waals surface area (Å²) >= 11 is 0. The van der Waals surface area contributed by atoms with Crippen LogP contribution in [0.15, 0.2) is 35.3 Å². The Bertz CT molecular complexity index is 855. The van der Waals surface area contributed by atoms with Crippen LogP contribution in [0.25, 0.3) is 11.0 Å². The van der Waals surface area contributed by atoms with Gasteiger partial charge in [0.15, 0.2) is 0 Å². The van der Waals surface area contributed by atoms with Gasteiger partial charge in [-0.3, -0.25) is 14.2 Å². The highest BCUT2D eigenvalue weighted by Crippen LogP contribution is 2.53. The Morgan fingerprint density at radius 3 is 2.92 bits per heavy atom. The number of rotatable bonds is 2. The van der Waals surface area contributed by atoms with Crippen molar-refractivity contribution >= 4 is 16.9 Å². The van der Waals surface area contributed by atoms with Crippen molar-refractivity contribution in [2.24, 2.45) is 11.3 Å². The summed E-state index contributed by atoms with van der Waals surface area (Å²) in [5.74, 6) is 0.775. The van der Waals surface area contributed by atoms with E-state index in [9.17, 15) is 9.59 Å². The highest BCUT2D eigenvalue weighted by Gasteiger charge is 2.52. The van der Waals surface area contributed by atoms with Crippen LogP contribution in [0.3, 0.4) is 0 Å². The van der Waals surface area contributed by atoms with Crippen LogP contribution in [-0.2, 0) is 11.3 Å². The van der Waals surface area contributed by atoms with Crippen LogP contribution < -0.4 is 5.56 Å². The van der Waals surface area contributed by atoms with E-state index >= 15 is 0 Å². The molecule has 2 aromatic rings. The molecular formula is C19H23N3O2. The Balaban J connectivity index is 1.65. The predicted molar refractivity (Wildman–Crippen MR) is 92.6 cm³/mol. The first kappa shape index (κ1) is 15.4. The number of amides is 1. The van der Waals surface area contributed by atoms with Gasteiger partial charge in [0, 0.05) is 12.6 Å². The summed E-state index contributed by atoms with van der Waals surface area (Å²) in [6.07, 6.45) is 4.67. The molecule has 0 radical (unpaired) electrons. The molecule has 2 aliphatic heterocycles. The second-order valence-electron chi connectivity index (χ2n) is 7.67. The summed E-state index contributed by atoms with van der Waals surface area (Å²) in [4.78, 5) is 31.4. The van der Waals surface area contributed by atoms with E-state index in [0.717, 1.165) is 36.3 Å². The summed E-state index contributed by atoms with van der Waals surface area (Å²) in [7, 11) is 0. The molecule has 2 saturated heterocycles. The monoisotopic (exact) mass is 325 g/mol.